The third-order valence-electron chi connectivity index (χ3n) is 4.16. The fourth-order valence-corrected chi connectivity index (χ4v) is 4.52. The van der Waals surface area contributed by atoms with Gasteiger partial charge < -0.3 is 20.3 Å². The van der Waals surface area contributed by atoms with E-state index in [1.165, 1.54) is 35.5 Å². The van der Waals surface area contributed by atoms with Gasteiger partial charge in [0.2, 0.25) is 10.0 Å². The largest absolute Gasteiger partial charge is 0.480 e. The SMILES string of the molecule is C[C@@H]1CN(S(=O)(=O)c2cccc(C(=O)N[C@H](C(=O)O)[C@@H](C)O)c2)C[C@H](C)O1. The van der Waals surface area contributed by atoms with E-state index in [4.69, 9.17) is 9.84 Å². The maximum absolute atomic E-state index is 12.9. The predicted molar refractivity (Wildman–Crippen MR) is 95.8 cm³/mol. The van der Waals surface area contributed by atoms with Crippen molar-refractivity contribution < 1.29 is 33.0 Å². The minimum absolute atomic E-state index is 0.0164. The average Bonchev–Trinajstić information content (AvgIpc) is 2.58. The summed E-state index contributed by atoms with van der Waals surface area (Å²) in [7, 11) is -3.84. The van der Waals surface area contributed by atoms with Crippen molar-refractivity contribution in [3.05, 3.63) is 29.8 Å². The molecule has 1 saturated heterocycles. The summed E-state index contributed by atoms with van der Waals surface area (Å²) in [4.78, 5) is 23.4. The summed E-state index contributed by atoms with van der Waals surface area (Å²) in [5.41, 5.74) is -0.0164. The van der Waals surface area contributed by atoms with Crippen molar-refractivity contribution >= 4 is 21.9 Å². The second-order valence-corrected chi connectivity index (χ2v) is 8.58. The van der Waals surface area contributed by atoms with Gasteiger partial charge in [-0.3, -0.25) is 4.79 Å². The first-order valence-corrected chi connectivity index (χ1v) is 9.93. The molecular weight excluding hydrogens is 376 g/mol. The van der Waals surface area contributed by atoms with Gasteiger partial charge in [-0.25, -0.2) is 13.2 Å². The molecule has 27 heavy (non-hydrogen) atoms. The van der Waals surface area contributed by atoms with Crippen molar-refractivity contribution in [2.75, 3.05) is 13.1 Å². The highest BCUT2D eigenvalue weighted by atomic mass is 32.2. The molecule has 1 aromatic carbocycles. The van der Waals surface area contributed by atoms with Crippen LogP contribution in [0.5, 0.6) is 0 Å². The number of carboxylic acids is 1. The van der Waals surface area contributed by atoms with Crippen molar-refractivity contribution in [1.82, 2.24) is 9.62 Å². The molecule has 150 valence electrons. The fourth-order valence-electron chi connectivity index (χ4n) is 2.89. The van der Waals surface area contributed by atoms with Crippen LogP contribution in [0.1, 0.15) is 31.1 Å². The molecule has 0 radical (unpaired) electrons. The Balaban J connectivity index is 2.26. The van der Waals surface area contributed by atoms with Crippen molar-refractivity contribution in [1.29, 1.82) is 0 Å². The maximum Gasteiger partial charge on any atom is 0.328 e. The topological polar surface area (TPSA) is 133 Å². The molecule has 0 aromatic heterocycles. The number of amides is 1. The molecule has 4 atom stereocenters. The first-order chi connectivity index (χ1) is 12.5. The highest BCUT2D eigenvalue weighted by molar-refractivity contribution is 7.89. The number of aliphatic hydroxyl groups is 1. The number of nitrogens with one attached hydrogen (secondary N) is 1. The van der Waals surface area contributed by atoms with Crippen LogP contribution in [0.4, 0.5) is 0 Å². The van der Waals surface area contributed by atoms with Crippen LogP contribution in [-0.4, -0.2) is 72.3 Å². The Morgan fingerprint density at radius 2 is 1.85 bits per heavy atom. The molecule has 2 rings (SSSR count). The maximum atomic E-state index is 12.9. The molecule has 1 aliphatic heterocycles. The number of carbonyl (C=O) groups is 2. The molecule has 1 heterocycles. The minimum Gasteiger partial charge on any atom is -0.480 e. The molecule has 1 amide bonds. The van der Waals surface area contributed by atoms with E-state index >= 15 is 0 Å². The summed E-state index contributed by atoms with van der Waals surface area (Å²) in [5.74, 6) is -2.18. The number of aliphatic hydroxyl groups excluding tert-OH is 1. The molecule has 0 saturated carbocycles. The number of benzene rings is 1. The lowest BCUT2D eigenvalue weighted by Crippen LogP contribution is -2.48. The Bertz CT molecular complexity index is 799. The number of hydrogen-bond donors (Lipinski definition) is 3. The van der Waals surface area contributed by atoms with Gasteiger partial charge in [0, 0.05) is 18.7 Å². The number of ether oxygens (including phenoxy) is 1. The van der Waals surface area contributed by atoms with Gasteiger partial charge in [-0.15, -0.1) is 0 Å². The van der Waals surface area contributed by atoms with Crippen LogP contribution >= 0.6 is 0 Å². The molecule has 0 aliphatic carbocycles. The number of carbonyl (C=O) groups excluding carboxylic acids is 1. The van der Waals surface area contributed by atoms with E-state index in [0.29, 0.717) is 0 Å². The van der Waals surface area contributed by atoms with Crippen molar-refractivity contribution in [2.45, 2.75) is 50.0 Å². The summed E-state index contributed by atoms with van der Waals surface area (Å²) in [6.45, 7) is 5.20. The average molecular weight is 400 g/mol. The summed E-state index contributed by atoms with van der Waals surface area (Å²) < 4.78 is 32.6. The van der Waals surface area contributed by atoms with Gasteiger partial charge in [0.25, 0.3) is 5.91 Å². The Morgan fingerprint density at radius 1 is 1.26 bits per heavy atom. The standard InChI is InChI=1S/C17H24N2O7S/c1-10-8-19(9-11(2)26-10)27(24,25)14-6-4-5-13(7-14)16(21)18-15(12(3)20)17(22)23/h4-7,10-12,15,20H,8-9H2,1-3H3,(H,18,21)(H,22,23)/t10-,11+,12-,15+/m1/s1. The van der Waals surface area contributed by atoms with Crippen molar-refractivity contribution in [2.24, 2.45) is 0 Å². The molecule has 9 nitrogen and oxygen atoms in total. The number of carboxylic acid groups (broad SMARTS) is 1. The van der Waals surface area contributed by atoms with E-state index in [9.17, 15) is 23.1 Å². The van der Waals surface area contributed by atoms with Crippen LogP contribution in [0.25, 0.3) is 0 Å². The molecule has 3 N–H and O–H groups in total. The Kier molecular flexibility index (Phi) is 6.58. The van der Waals surface area contributed by atoms with Crippen LogP contribution in [0, 0.1) is 0 Å². The van der Waals surface area contributed by atoms with E-state index in [2.05, 4.69) is 5.32 Å². The van der Waals surface area contributed by atoms with Gasteiger partial charge in [-0.2, -0.15) is 4.31 Å². The van der Waals surface area contributed by atoms with Gasteiger partial charge in [-0.1, -0.05) is 6.07 Å². The molecule has 0 unspecified atom stereocenters. The zero-order chi connectivity index (χ0) is 20.4. The molecule has 0 bridgehead atoms. The molecule has 10 heteroatoms. The zero-order valence-corrected chi connectivity index (χ0v) is 16.1. The van der Waals surface area contributed by atoms with Gasteiger partial charge in [0.15, 0.2) is 6.04 Å². The van der Waals surface area contributed by atoms with Gasteiger partial charge in [0.1, 0.15) is 0 Å². The number of nitrogens with zero attached hydrogens (tertiary/aromatic N) is 1. The molecule has 1 aromatic rings. The third-order valence-corrected chi connectivity index (χ3v) is 5.98. The molecular formula is C17H24N2O7S. The lowest BCUT2D eigenvalue weighted by atomic mass is 10.1. The highest BCUT2D eigenvalue weighted by Crippen LogP contribution is 2.22. The number of rotatable bonds is 6. The Labute approximate surface area is 158 Å². The zero-order valence-electron chi connectivity index (χ0n) is 15.3. The lowest BCUT2D eigenvalue weighted by Gasteiger charge is -2.34. The van der Waals surface area contributed by atoms with Crippen LogP contribution in [0.3, 0.4) is 0 Å². The number of sulfonamides is 1. The first kappa shape index (κ1) is 21.3. The molecule has 0 spiro atoms. The number of aliphatic carboxylic acids is 1. The summed E-state index contributed by atoms with van der Waals surface area (Å²) in [5, 5.41) is 20.7. The summed E-state index contributed by atoms with van der Waals surface area (Å²) in [6, 6.07) is 3.85. The van der Waals surface area contributed by atoms with Crippen LogP contribution in [0.2, 0.25) is 0 Å². The Hall–Kier alpha value is -2.01. The summed E-state index contributed by atoms with van der Waals surface area (Å²) in [6.07, 6.45) is -1.82. The van der Waals surface area contributed by atoms with Crippen LogP contribution in [0.15, 0.2) is 29.2 Å². The number of hydrogen-bond acceptors (Lipinski definition) is 6. The molecule has 1 fully saturated rings. The normalized spacial score (nSPS) is 23.4. The fraction of sp³-hybridized carbons (Fsp3) is 0.529. The quantitative estimate of drug-likeness (QED) is 0.614. The van der Waals surface area contributed by atoms with Crippen LogP contribution < -0.4 is 5.32 Å². The molecule has 1 aliphatic rings. The van der Waals surface area contributed by atoms with E-state index in [0.717, 1.165) is 0 Å². The van der Waals surface area contributed by atoms with Crippen molar-refractivity contribution in [3.63, 3.8) is 0 Å². The Morgan fingerprint density at radius 3 is 2.37 bits per heavy atom. The first-order valence-electron chi connectivity index (χ1n) is 8.49. The van der Waals surface area contributed by atoms with Crippen molar-refractivity contribution in [3.8, 4) is 0 Å². The van der Waals surface area contributed by atoms with E-state index in [1.807, 2.05) is 0 Å². The third kappa shape index (κ3) is 5.04. The minimum atomic E-state index is -3.84. The lowest BCUT2D eigenvalue weighted by molar-refractivity contribution is -0.141. The second kappa shape index (κ2) is 8.34. The van der Waals surface area contributed by atoms with Gasteiger partial charge in [-0.05, 0) is 39.0 Å². The number of morpholine rings is 1. The van der Waals surface area contributed by atoms with E-state index in [1.54, 1.807) is 13.8 Å². The smallest absolute Gasteiger partial charge is 0.328 e. The van der Waals surface area contributed by atoms with Crippen LogP contribution in [-0.2, 0) is 19.6 Å². The van der Waals surface area contributed by atoms with E-state index < -0.39 is 34.0 Å². The van der Waals surface area contributed by atoms with E-state index in [-0.39, 0.29) is 35.8 Å². The van der Waals surface area contributed by atoms with Gasteiger partial charge in [0.05, 0.1) is 23.2 Å². The monoisotopic (exact) mass is 400 g/mol. The van der Waals surface area contributed by atoms with Gasteiger partial charge >= 0.3 is 5.97 Å². The summed E-state index contributed by atoms with van der Waals surface area (Å²) >= 11 is 0. The second-order valence-electron chi connectivity index (χ2n) is 6.64. The highest BCUT2D eigenvalue weighted by Gasteiger charge is 2.33. The predicted octanol–water partition coefficient (Wildman–Crippen LogP) is 0.0483.